The summed E-state index contributed by atoms with van der Waals surface area (Å²) in [6, 6.07) is 0. The van der Waals surface area contributed by atoms with Gasteiger partial charge in [-0.15, -0.1) is 0 Å². The molecular formula is C8H12N2O2. The van der Waals surface area contributed by atoms with Crippen molar-refractivity contribution in [2.45, 2.75) is 20.5 Å². The average molecular weight is 168 g/mol. The molecule has 1 rings (SSSR count). The Bertz CT molecular complexity index is 355. The second-order valence-corrected chi connectivity index (χ2v) is 2.75. The van der Waals surface area contributed by atoms with Gasteiger partial charge in [0.15, 0.2) is 0 Å². The van der Waals surface area contributed by atoms with Gasteiger partial charge in [0.2, 0.25) is 0 Å². The van der Waals surface area contributed by atoms with Crippen LogP contribution >= 0.6 is 0 Å². The highest BCUT2D eigenvalue weighted by atomic mass is 16.3. The van der Waals surface area contributed by atoms with E-state index in [9.17, 15) is 4.79 Å². The molecule has 0 saturated heterocycles. The van der Waals surface area contributed by atoms with E-state index in [4.69, 9.17) is 5.11 Å². The van der Waals surface area contributed by atoms with Gasteiger partial charge in [-0.1, -0.05) is 0 Å². The smallest absolute Gasteiger partial charge is 0.256 e. The van der Waals surface area contributed by atoms with Gasteiger partial charge in [-0.2, -0.15) is 0 Å². The van der Waals surface area contributed by atoms with Crippen molar-refractivity contribution >= 4 is 0 Å². The van der Waals surface area contributed by atoms with Gasteiger partial charge in [0.05, 0.1) is 12.3 Å². The summed E-state index contributed by atoms with van der Waals surface area (Å²) in [4.78, 5) is 15.4. The number of aryl methyl sites for hydroxylation is 1. The number of rotatable bonds is 1. The Morgan fingerprint density at radius 1 is 1.50 bits per heavy atom. The van der Waals surface area contributed by atoms with Crippen LogP contribution in [0.4, 0.5) is 0 Å². The number of aliphatic hydroxyl groups excluding tert-OH is 1. The fourth-order valence-electron chi connectivity index (χ4n) is 1.03. The number of hydrogen-bond donors (Lipinski definition) is 1. The Morgan fingerprint density at radius 2 is 2.08 bits per heavy atom. The summed E-state index contributed by atoms with van der Waals surface area (Å²) < 4.78 is 1.47. The highest BCUT2D eigenvalue weighted by Crippen LogP contribution is 1.99. The minimum atomic E-state index is -0.178. The van der Waals surface area contributed by atoms with Gasteiger partial charge in [-0.05, 0) is 13.8 Å². The zero-order valence-corrected chi connectivity index (χ0v) is 7.46. The summed E-state index contributed by atoms with van der Waals surface area (Å²) in [5, 5.41) is 8.85. The molecule has 4 nitrogen and oxygen atoms in total. The molecule has 66 valence electrons. The molecule has 1 N–H and O–H groups in total. The highest BCUT2D eigenvalue weighted by Gasteiger charge is 2.06. The largest absolute Gasteiger partial charge is 0.390 e. The van der Waals surface area contributed by atoms with Crippen LogP contribution < -0.4 is 5.56 Å². The summed E-state index contributed by atoms with van der Waals surface area (Å²) in [7, 11) is 1.67. The van der Waals surface area contributed by atoms with Crippen LogP contribution in [0, 0.1) is 13.8 Å². The van der Waals surface area contributed by atoms with E-state index < -0.39 is 0 Å². The number of nitrogens with zero attached hydrogens (tertiary/aromatic N) is 2. The van der Waals surface area contributed by atoms with E-state index in [1.165, 1.54) is 4.57 Å². The molecule has 1 aromatic rings. The molecule has 1 heterocycles. The first-order chi connectivity index (χ1) is 5.57. The van der Waals surface area contributed by atoms with Crippen molar-refractivity contribution in [2.24, 2.45) is 7.05 Å². The Labute approximate surface area is 70.5 Å². The van der Waals surface area contributed by atoms with E-state index in [2.05, 4.69) is 4.98 Å². The standard InChI is InChI=1S/C8H12N2O2/c1-5-7(4-11)9-6(2)10(3)8(5)12/h11H,4H2,1-3H3. The predicted molar refractivity (Wildman–Crippen MR) is 44.9 cm³/mol. The molecule has 4 heteroatoms. The first-order valence-corrected chi connectivity index (χ1v) is 3.72. The number of aliphatic hydroxyl groups is 1. The van der Waals surface area contributed by atoms with E-state index >= 15 is 0 Å². The fourth-order valence-corrected chi connectivity index (χ4v) is 1.03. The molecule has 0 aliphatic heterocycles. The molecule has 0 aliphatic rings. The Morgan fingerprint density at radius 3 is 2.58 bits per heavy atom. The quantitative estimate of drug-likeness (QED) is 0.636. The highest BCUT2D eigenvalue weighted by molar-refractivity contribution is 5.15. The molecule has 0 fully saturated rings. The molecule has 0 bridgehead atoms. The monoisotopic (exact) mass is 168 g/mol. The van der Waals surface area contributed by atoms with Crippen LogP contribution in [-0.2, 0) is 13.7 Å². The van der Waals surface area contributed by atoms with Gasteiger partial charge < -0.3 is 5.11 Å². The van der Waals surface area contributed by atoms with Crippen molar-refractivity contribution < 1.29 is 5.11 Å². The molecule has 0 radical (unpaired) electrons. The van der Waals surface area contributed by atoms with Gasteiger partial charge in [0.1, 0.15) is 5.82 Å². The lowest BCUT2D eigenvalue weighted by Crippen LogP contribution is -2.24. The first-order valence-electron chi connectivity index (χ1n) is 3.72. The molecular weight excluding hydrogens is 156 g/mol. The average Bonchev–Trinajstić information content (AvgIpc) is 2.08. The van der Waals surface area contributed by atoms with Crippen molar-refractivity contribution in [2.75, 3.05) is 0 Å². The fraction of sp³-hybridized carbons (Fsp3) is 0.500. The zero-order valence-electron chi connectivity index (χ0n) is 7.46. The van der Waals surface area contributed by atoms with Gasteiger partial charge in [0.25, 0.3) is 5.56 Å². The number of aromatic nitrogens is 2. The third kappa shape index (κ3) is 1.25. The summed E-state index contributed by atoms with van der Waals surface area (Å²) in [6.07, 6.45) is 0. The molecule has 0 spiro atoms. The second kappa shape index (κ2) is 3.06. The van der Waals surface area contributed by atoms with Gasteiger partial charge in [-0.25, -0.2) is 4.98 Å². The van der Waals surface area contributed by atoms with Crippen LogP contribution in [-0.4, -0.2) is 14.7 Å². The molecule has 0 aromatic carbocycles. The molecule has 0 aliphatic carbocycles. The van der Waals surface area contributed by atoms with E-state index in [0.29, 0.717) is 17.1 Å². The Kier molecular flexibility index (Phi) is 2.28. The van der Waals surface area contributed by atoms with Crippen LogP contribution in [0.5, 0.6) is 0 Å². The van der Waals surface area contributed by atoms with Crippen molar-refractivity contribution in [1.82, 2.24) is 9.55 Å². The molecule has 0 saturated carbocycles. The summed E-state index contributed by atoms with van der Waals surface area (Å²) >= 11 is 0. The maximum Gasteiger partial charge on any atom is 0.256 e. The van der Waals surface area contributed by atoms with Gasteiger partial charge in [-0.3, -0.25) is 9.36 Å². The van der Waals surface area contributed by atoms with Crippen LogP contribution in [0.15, 0.2) is 4.79 Å². The van der Waals surface area contributed by atoms with E-state index in [0.717, 1.165) is 0 Å². The molecule has 0 unspecified atom stereocenters. The Balaban J connectivity index is 3.50. The lowest BCUT2D eigenvalue weighted by molar-refractivity contribution is 0.274. The third-order valence-electron chi connectivity index (χ3n) is 1.99. The minimum absolute atomic E-state index is 0.0912. The first kappa shape index (κ1) is 8.93. The molecule has 0 amide bonds. The molecule has 12 heavy (non-hydrogen) atoms. The van der Waals surface area contributed by atoms with Crippen LogP contribution in [0.3, 0.4) is 0 Å². The number of hydrogen-bond acceptors (Lipinski definition) is 3. The van der Waals surface area contributed by atoms with E-state index in [1.807, 2.05) is 0 Å². The van der Waals surface area contributed by atoms with Crippen LogP contribution in [0.2, 0.25) is 0 Å². The topological polar surface area (TPSA) is 55.1 Å². The second-order valence-electron chi connectivity index (χ2n) is 2.75. The summed E-state index contributed by atoms with van der Waals surface area (Å²) in [5.41, 5.74) is 0.896. The van der Waals surface area contributed by atoms with E-state index in [-0.39, 0.29) is 12.2 Å². The maximum absolute atomic E-state index is 11.4. The lowest BCUT2D eigenvalue weighted by Gasteiger charge is -2.06. The van der Waals surface area contributed by atoms with Crippen LogP contribution in [0.25, 0.3) is 0 Å². The van der Waals surface area contributed by atoms with Crippen LogP contribution in [0.1, 0.15) is 17.1 Å². The zero-order chi connectivity index (χ0) is 9.30. The minimum Gasteiger partial charge on any atom is -0.390 e. The van der Waals surface area contributed by atoms with Gasteiger partial charge >= 0.3 is 0 Å². The third-order valence-corrected chi connectivity index (χ3v) is 1.99. The van der Waals surface area contributed by atoms with Crippen molar-refractivity contribution in [3.8, 4) is 0 Å². The molecule has 0 atom stereocenters. The predicted octanol–water partition coefficient (Wildman–Crippen LogP) is -0.111. The van der Waals surface area contributed by atoms with Crippen molar-refractivity contribution in [1.29, 1.82) is 0 Å². The maximum atomic E-state index is 11.4. The summed E-state index contributed by atoms with van der Waals surface area (Å²) in [6.45, 7) is 3.23. The van der Waals surface area contributed by atoms with E-state index in [1.54, 1.807) is 20.9 Å². The Hall–Kier alpha value is -1.16. The van der Waals surface area contributed by atoms with Crippen molar-refractivity contribution in [3.63, 3.8) is 0 Å². The SMILES string of the molecule is Cc1c(CO)nc(C)n(C)c1=O. The lowest BCUT2D eigenvalue weighted by atomic mass is 10.2. The normalized spacial score (nSPS) is 10.3. The summed E-state index contributed by atoms with van der Waals surface area (Å²) in [5.74, 6) is 0.620. The molecule has 1 aromatic heterocycles. The van der Waals surface area contributed by atoms with Gasteiger partial charge in [0, 0.05) is 12.6 Å². The van der Waals surface area contributed by atoms with Crippen molar-refractivity contribution in [3.05, 3.63) is 27.4 Å².